The van der Waals surface area contributed by atoms with Gasteiger partial charge in [-0.3, -0.25) is 14.6 Å². The van der Waals surface area contributed by atoms with Crippen LogP contribution in [0.5, 0.6) is 0 Å². The molecule has 5 rings (SSSR count). The Balaban J connectivity index is 1.64. The molecule has 156 valence electrons. The molecule has 0 saturated heterocycles. The zero-order valence-corrected chi connectivity index (χ0v) is 17.1. The van der Waals surface area contributed by atoms with E-state index in [9.17, 15) is 9.59 Å². The van der Waals surface area contributed by atoms with Gasteiger partial charge in [-0.25, -0.2) is 0 Å². The maximum Gasteiger partial charge on any atom is 0.282 e. The molecule has 0 spiro atoms. The predicted molar refractivity (Wildman–Crippen MR) is 122 cm³/mol. The van der Waals surface area contributed by atoms with Gasteiger partial charge in [0.05, 0.1) is 16.8 Å². The molecule has 0 saturated carbocycles. The SMILES string of the molecule is O=C(Nc1ccncc1)c1cn(Cc2ccccc2)cc2c(=O)n(-c3ccccc3)nc1-2. The van der Waals surface area contributed by atoms with E-state index in [0.717, 1.165) is 5.56 Å². The maximum atomic E-state index is 13.2. The number of fused-ring (bicyclic) bond motifs is 1. The second-order valence-electron chi connectivity index (χ2n) is 7.33. The van der Waals surface area contributed by atoms with Crippen LogP contribution in [-0.4, -0.2) is 25.2 Å². The number of pyridine rings is 2. The van der Waals surface area contributed by atoms with E-state index < -0.39 is 0 Å². The third-order valence-corrected chi connectivity index (χ3v) is 5.11. The van der Waals surface area contributed by atoms with Gasteiger partial charge in [-0.05, 0) is 29.8 Å². The molecule has 0 atom stereocenters. The van der Waals surface area contributed by atoms with Gasteiger partial charge < -0.3 is 9.88 Å². The number of anilines is 1. The van der Waals surface area contributed by atoms with Crippen LogP contribution in [-0.2, 0) is 6.54 Å². The summed E-state index contributed by atoms with van der Waals surface area (Å²) in [5, 5.41) is 7.38. The first-order valence-electron chi connectivity index (χ1n) is 10.1. The van der Waals surface area contributed by atoms with Gasteiger partial charge in [0.1, 0.15) is 5.69 Å². The highest BCUT2D eigenvalue weighted by atomic mass is 16.2. The molecule has 1 aromatic heterocycles. The molecule has 0 radical (unpaired) electrons. The first kappa shape index (κ1) is 19.4. The molecule has 1 N–H and O–H groups in total. The molecule has 0 fully saturated rings. The summed E-state index contributed by atoms with van der Waals surface area (Å²) in [7, 11) is 0. The van der Waals surface area contributed by atoms with Crippen molar-refractivity contribution in [1.29, 1.82) is 0 Å². The molecule has 7 nitrogen and oxygen atoms in total. The van der Waals surface area contributed by atoms with Crippen LogP contribution in [0.2, 0.25) is 0 Å². The number of aromatic nitrogens is 4. The first-order valence-corrected chi connectivity index (χ1v) is 10.1. The largest absolute Gasteiger partial charge is 0.348 e. The van der Waals surface area contributed by atoms with Gasteiger partial charge in [-0.15, -0.1) is 0 Å². The summed E-state index contributed by atoms with van der Waals surface area (Å²) in [5.41, 5.74) is 3.10. The van der Waals surface area contributed by atoms with E-state index in [1.807, 2.05) is 65.2 Å². The van der Waals surface area contributed by atoms with E-state index in [1.165, 1.54) is 4.68 Å². The smallest absolute Gasteiger partial charge is 0.282 e. The number of amides is 1. The standard InChI is InChI=1S/C25H19N5O2/c31-24(27-19-11-13-26-14-12-19)21-16-29(15-18-7-3-1-4-8-18)17-22-23(21)28-30(25(22)32)20-9-5-2-6-10-20/h1-14,16-17H,15H2,(H,26,27,31). The van der Waals surface area contributed by atoms with Gasteiger partial charge in [0.15, 0.2) is 0 Å². The molecule has 0 bridgehead atoms. The summed E-state index contributed by atoms with van der Waals surface area (Å²) in [6.45, 7) is 0.516. The van der Waals surface area contributed by atoms with Gasteiger partial charge in [0, 0.05) is 37.0 Å². The van der Waals surface area contributed by atoms with Gasteiger partial charge in [0.2, 0.25) is 0 Å². The Labute approximate surface area is 183 Å². The van der Waals surface area contributed by atoms with Gasteiger partial charge in [-0.1, -0.05) is 48.5 Å². The van der Waals surface area contributed by atoms with Crippen LogP contribution in [0.3, 0.4) is 0 Å². The summed E-state index contributed by atoms with van der Waals surface area (Å²) in [5.74, 6) is -0.346. The maximum absolute atomic E-state index is 13.2. The van der Waals surface area contributed by atoms with E-state index >= 15 is 0 Å². The fourth-order valence-corrected chi connectivity index (χ4v) is 3.59. The molecule has 7 heteroatoms. The lowest BCUT2D eigenvalue weighted by atomic mass is 10.1. The van der Waals surface area contributed by atoms with Crippen LogP contribution < -0.4 is 10.9 Å². The van der Waals surface area contributed by atoms with Crippen LogP contribution in [0, 0.1) is 0 Å². The van der Waals surface area contributed by atoms with Gasteiger partial charge in [0.25, 0.3) is 11.5 Å². The number of nitrogens with one attached hydrogen (secondary N) is 1. The zero-order valence-electron chi connectivity index (χ0n) is 17.1. The lowest BCUT2D eigenvalue weighted by molar-refractivity contribution is 0.102. The average molecular weight is 421 g/mol. The fourth-order valence-electron chi connectivity index (χ4n) is 3.59. The minimum absolute atomic E-state index is 0.272. The van der Waals surface area contributed by atoms with Crippen molar-refractivity contribution >= 4 is 11.6 Å². The molecule has 2 aromatic carbocycles. The molecule has 3 aromatic rings. The van der Waals surface area contributed by atoms with Gasteiger partial charge in [-0.2, -0.15) is 9.78 Å². The second kappa shape index (κ2) is 8.31. The minimum Gasteiger partial charge on any atom is -0.348 e. The molecule has 0 unspecified atom stereocenters. The Bertz CT molecular complexity index is 1390. The number of para-hydroxylation sites is 1. The quantitative estimate of drug-likeness (QED) is 0.468. The summed E-state index contributed by atoms with van der Waals surface area (Å²) < 4.78 is 3.18. The van der Waals surface area contributed by atoms with Crippen molar-refractivity contribution in [3.63, 3.8) is 0 Å². The third kappa shape index (κ3) is 3.79. The molecule has 3 heterocycles. The monoisotopic (exact) mass is 421 g/mol. The fraction of sp³-hybridized carbons (Fsp3) is 0.0400. The molecular weight excluding hydrogens is 402 g/mol. The van der Waals surface area contributed by atoms with Crippen LogP contribution >= 0.6 is 0 Å². The van der Waals surface area contributed by atoms with Crippen LogP contribution in [0.15, 0.2) is 102 Å². The van der Waals surface area contributed by atoms with Crippen molar-refractivity contribution in [2.24, 2.45) is 0 Å². The number of carbonyl (C=O) groups excluding carboxylic acids is 1. The summed E-state index contributed by atoms with van der Waals surface area (Å²) in [6.07, 6.45) is 6.69. The number of hydrogen-bond donors (Lipinski definition) is 1. The summed E-state index contributed by atoms with van der Waals surface area (Å²) >= 11 is 0. The Hall–Kier alpha value is -4.52. The van der Waals surface area contributed by atoms with Crippen molar-refractivity contribution in [2.75, 3.05) is 5.32 Å². The van der Waals surface area contributed by atoms with Crippen molar-refractivity contribution in [3.05, 3.63) is 119 Å². The summed E-state index contributed by atoms with van der Waals surface area (Å²) in [6, 6.07) is 22.4. The van der Waals surface area contributed by atoms with Crippen molar-refractivity contribution < 1.29 is 4.79 Å². The van der Waals surface area contributed by atoms with Gasteiger partial charge >= 0.3 is 0 Å². The number of hydrogen-bond acceptors (Lipinski definition) is 4. The van der Waals surface area contributed by atoms with E-state index in [2.05, 4.69) is 15.4 Å². The number of carbonyl (C=O) groups is 1. The Morgan fingerprint density at radius 2 is 1.56 bits per heavy atom. The van der Waals surface area contributed by atoms with Crippen LogP contribution in [0.4, 0.5) is 5.69 Å². The van der Waals surface area contributed by atoms with Crippen molar-refractivity contribution in [3.8, 4) is 16.9 Å². The molecule has 0 aliphatic carbocycles. The highest BCUT2D eigenvalue weighted by molar-refractivity contribution is 6.08. The number of benzene rings is 2. The highest BCUT2D eigenvalue weighted by Crippen LogP contribution is 2.24. The average Bonchev–Trinajstić information content (AvgIpc) is 3.17. The highest BCUT2D eigenvalue weighted by Gasteiger charge is 2.24. The van der Waals surface area contributed by atoms with Crippen LogP contribution in [0.25, 0.3) is 16.9 Å². The molecular formula is C25H19N5O2. The molecule has 1 amide bonds. The van der Waals surface area contributed by atoms with Crippen LogP contribution in [0.1, 0.15) is 15.9 Å². The topological polar surface area (TPSA) is 81.8 Å². The Kier molecular flexibility index (Phi) is 5.05. The normalized spacial score (nSPS) is 10.9. The van der Waals surface area contributed by atoms with E-state index in [0.29, 0.717) is 34.7 Å². The van der Waals surface area contributed by atoms with E-state index in [4.69, 9.17) is 0 Å². The Morgan fingerprint density at radius 1 is 0.875 bits per heavy atom. The molecule has 2 aliphatic heterocycles. The lowest BCUT2D eigenvalue weighted by Crippen LogP contribution is -2.18. The van der Waals surface area contributed by atoms with E-state index in [1.54, 1.807) is 36.9 Å². The molecule has 32 heavy (non-hydrogen) atoms. The minimum atomic E-state index is -0.346. The second-order valence-corrected chi connectivity index (χ2v) is 7.33. The summed E-state index contributed by atoms with van der Waals surface area (Å²) in [4.78, 5) is 30.4. The van der Waals surface area contributed by atoms with Crippen molar-refractivity contribution in [2.45, 2.75) is 6.54 Å². The van der Waals surface area contributed by atoms with Crippen molar-refractivity contribution in [1.82, 2.24) is 19.3 Å². The zero-order chi connectivity index (χ0) is 21.9. The first-order chi connectivity index (χ1) is 15.7. The lowest BCUT2D eigenvalue weighted by Gasteiger charge is -2.13. The number of nitrogens with zero attached hydrogens (tertiary/aromatic N) is 4. The van der Waals surface area contributed by atoms with E-state index in [-0.39, 0.29) is 11.5 Å². The Morgan fingerprint density at radius 3 is 2.28 bits per heavy atom. The number of rotatable bonds is 5. The predicted octanol–water partition coefficient (Wildman–Crippen LogP) is 3.83. The molecule has 2 aliphatic rings. The third-order valence-electron chi connectivity index (χ3n) is 5.11.